The SMILES string of the molecule is CC1=CCNC2(C)CC12. The summed E-state index contributed by atoms with van der Waals surface area (Å²) in [5.41, 5.74) is 2.09. The molecule has 2 atom stereocenters. The lowest BCUT2D eigenvalue weighted by Gasteiger charge is -2.17. The largest absolute Gasteiger partial charge is 0.307 e. The molecule has 1 aliphatic heterocycles. The van der Waals surface area contributed by atoms with Crippen LogP contribution in [0.1, 0.15) is 20.3 Å². The summed E-state index contributed by atoms with van der Waals surface area (Å²) in [5.74, 6) is 0.867. The average Bonchev–Trinajstić information content (AvgIpc) is 2.43. The molecule has 0 amide bonds. The Balaban J connectivity index is 2.23. The van der Waals surface area contributed by atoms with Crippen molar-refractivity contribution in [2.45, 2.75) is 25.8 Å². The summed E-state index contributed by atoms with van der Waals surface area (Å²) < 4.78 is 0. The second-order valence-electron chi connectivity index (χ2n) is 3.50. The molecule has 2 unspecified atom stereocenters. The van der Waals surface area contributed by atoms with Gasteiger partial charge in [0, 0.05) is 12.1 Å². The number of rotatable bonds is 0. The van der Waals surface area contributed by atoms with Crippen molar-refractivity contribution in [2.75, 3.05) is 6.54 Å². The second-order valence-corrected chi connectivity index (χ2v) is 3.50. The predicted octanol–water partition coefficient (Wildman–Crippen LogP) is 1.31. The molecule has 1 saturated carbocycles. The molecule has 2 rings (SSSR count). The van der Waals surface area contributed by atoms with Crippen LogP contribution < -0.4 is 5.32 Å². The number of fused-ring (bicyclic) bond motifs is 1. The normalized spacial score (nSPS) is 47.8. The Morgan fingerprint density at radius 1 is 1.78 bits per heavy atom. The monoisotopic (exact) mass is 123 g/mol. The van der Waals surface area contributed by atoms with Crippen LogP contribution in [0.5, 0.6) is 0 Å². The second kappa shape index (κ2) is 1.40. The van der Waals surface area contributed by atoms with Crippen molar-refractivity contribution >= 4 is 0 Å². The molecule has 0 spiro atoms. The number of hydrogen-bond acceptors (Lipinski definition) is 1. The highest BCUT2D eigenvalue weighted by molar-refractivity contribution is 5.27. The van der Waals surface area contributed by atoms with Crippen LogP contribution in [0.25, 0.3) is 0 Å². The van der Waals surface area contributed by atoms with Crippen molar-refractivity contribution < 1.29 is 0 Å². The van der Waals surface area contributed by atoms with Crippen molar-refractivity contribution in [1.29, 1.82) is 0 Å². The third-order valence-corrected chi connectivity index (χ3v) is 2.72. The molecule has 1 N–H and O–H groups in total. The van der Waals surface area contributed by atoms with Gasteiger partial charge >= 0.3 is 0 Å². The van der Waals surface area contributed by atoms with Gasteiger partial charge in [0.1, 0.15) is 0 Å². The van der Waals surface area contributed by atoms with Gasteiger partial charge < -0.3 is 5.32 Å². The van der Waals surface area contributed by atoms with Crippen molar-refractivity contribution in [2.24, 2.45) is 5.92 Å². The van der Waals surface area contributed by atoms with E-state index in [2.05, 4.69) is 25.2 Å². The van der Waals surface area contributed by atoms with E-state index in [1.54, 1.807) is 5.57 Å². The summed E-state index contributed by atoms with van der Waals surface area (Å²) in [6.45, 7) is 5.64. The maximum absolute atomic E-state index is 3.49. The molecule has 0 aromatic carbocycles. The highest BCUT2D eigenvalue weighted by atomic mass is 15.0. The van der Waals surface area contributed by atoms with E-state index in [1.807, 2.05) is 0 Å². The standard InChI is InChI=1S/C8H13N/c1-6-3-4-9-8(2)5-7(6)8/h3,7,9H,4-5H2,1-2H3. The Morgan fingerprint density at radius 3 is 3.11 bits per heavy atom. The maximum Gasteiger partial charge on any atom is 0.0228 e. The minimum atomic E-state index is 0.499. The van der Waals surface area contributed by atoms with Crippen LogP contribution in [0.2, 0.25) is 0 Å². The molecule has 2 aliphatic rings. The lowest BCUT2D eigenvalue weighted by molar-refractivity contribution is 0.523. The average molecular weight is 123 g/mol. The Bertz CT molecular complexity index is 171. The smallest absolute Gasteiger partial charge is 0.0228 e. The molecule has 0 aromatic heterocycles. The first-order chi connectivity index (χ1) is 4.22. The summed E-state index contributed by atoms with van der Waals surface area (Å²) in [4.78, 5) is 0. The number of hydrogen-bond donors (Lipinski definition) is 1. The molecule has 0 bridgehead atoms. The van der Waals surface area contributed by atoms with Crippen LogP contribution >= 0.6 is 0 Å². The van der Waals surface area contributed by atoms with E-state index in [0.717, 1.165) is 12.5 Å². The molecule has 1 heterocycles. The molecule has 0 saturated heterocycles. The van der Waals surface area contributed by atoms with E-state index in [1.165, 1.54) is 6.42 Å². The van der Waals surface area contributed by atoms with Crippen molar-refractivity contribution in [3.8, 4) is 0 Å². The summed E-state index contributed by atoms with van der Waals surface area (Å²) in [6, 6.07) is 0. The van der Waals surface area contributed by atoms with Gasteiger partial charge in [-0.3, -0.25) is 0 Å². The first-order valence-corrected chi connectivity index (χ1v) is 3.64. The van der Waals surface area contributed by atoms with E-state index >= 15 is 0 Å². The molecule has 9 heavy (non-hydrogen) atoms. The molecule has 1 nitrogen and oxygen atoms in total. The molecule has 1 aliphatic carbocycles. The van der Waals surface area contributed by atoms with Gasteiger partial charge in [-0.15, -0.1) is 0 Å². The summed E-state index contributed by atoms with van der Waals surface area (Å²) in [5, 5.41) is 3.49. The summed E-state index contributed by atoms with van der Waals surface area (Å²) >= 11 is 0. The van der Waals surface area contributed by atoms with E-state index in [4.69, 9.17) is 0 Å². The topological polar surface area (TPSA) is 12.0 Å². The molecule has 0 aromatic rings. The van der Waals surface area contributed by atoms with Crippen molar-refractivity contribution in [3.63, 3.8) is 0 Å². The van der Waals surface area contributed by atoms with E-state index in [-0.39, 0.29) is 0 Å². The van der Waals surface area contributed by atoms with Crippen molar-refractivity contribution in [1.82, 2.24) is 5.32 Å². The van der Waals surface area contributed by atoms with Gasteiger partial charge in [-0.25, -0.2) is 0 Å². The summed E-state index contributed by atoms with van der Waals surface area (Å²) in [7, 11) is 0. The molecule has 0 radical (unpaired) electrons. The first-order valence-electron chi connectivity index (χ1n) is 3.64. The van der Waals surface area contributed by atoms with E-state index in [9.17, 15) is 0 Å². The third kappa shape index (κ3) is 0.645. The summed E-state index contributed by atoms with van der Waals surface area (Å²) in [6.07, 6.45) is 3.66. The number of nitrogens with one attached hydrogen (secondary N) is 1. The van der Waals surface area contributed by atoms with Crippen LogP contribution in [-0.2, 0) is 0 Å². The van der Waals surface area contributed by atoms with Gasteiger partial charge in [-0.05, 0) is 26.2 Å². The lowest BCUT2D eigenvalue weighted by atomic mass is 10.1. The van der Waals surface area contributed by atoms with Crippen LogP contribution in [0, 0.1) is 5.92 Å². The van der Waals surface area contributed by atoms with Crippen LogP contribution in [0.15, 0.2) is 11.6 Å². The Labute approximate surface area is 56.1 Å². The maximum atomic E-state index is 3.49. The third-order valence-electron chi connectivity index (χ3n) is 2.72. The van der Waals surface area contributed by atoms with Gasteiger partial charge in [0.15, 0.2) is 0 Å². The molecule has 1 fully saturated rings. The van der Waals surface area contributed by atoms with Gasteiger partial charge in [-0.1, -0.05) is 11.6 Å². The quantitative estimate of drug-likeness (QED) is 0.479. The first kappa shape index (κ1) is 5.48. The van der Waals surface area contributed by atoms with Gasteiger partial charge in [-0.2, -0.15) is 0 Å². The van der Waals surface area contributed by atoms with E-state index in [0.29, 0.717) is 5.54 Å². The fourth-order valence-corrected chi connectivity index (χ4v) is 1.81. The predicted molar refractivity (Wildman–Crippen MR) is 38.3 cm³/mol. The van der Waals surface area contributed by atoms with Gasteiger partial charge in [0.25, 0.3) is 0 Å². The van der Waals surface area contributed by atoms with Gasteiger partial charge in [0.2, 0.25) is 0 Å². The lowest BCUT2D eigenvalue weighted by Crippen LogP contribution is -2.33. The highest BCUT2D eigenvalue weighted by Gasteiger charge is 2.51. The molecular weight excluding hydrogens is 110 g/mol. The minimum Gasteiger partial charge on any atom is -0.307 e. The van der Waals surface area contributed by atoms with E-state index < -0.39 is 0 Å². The Morgan fingerprint density at radius 2 is 2.56 bits per heavy atom. The van der Waals surface area contributed by atoms with Gasteiger partial charge in [0.05, 0.1) is 0 Å². The molecule has 50 valence electrons. The Hall–Kier alpha value is -0.300. The van der Waals surface area contributed by atoms with Crippen LogP contribution in [0.3, 0.4) is 0 Å². The zero-order chi connectivity index (χ0) is 6.48. The van der Waals surface area contributed by atoms with Crippen molar-refractivity contribution in [3.05, 3.63) is 11.6 Å². The zero-order valence-corrected chi connectivity index (χ0v) is 6.07. The molecule has 1 heteroatoms. The fraction of sp³-hybridized carbons (Fsp3) is 0.750. The zero-order valence-electron chi connectivity index (χ0n) is 6.07. The minimum absolute atomic E-state index is 0.499. The van der Waals surface area contributed by atoms with Crippen LogP contribution in [-0.4, -0.2) is 12.1 Å². The highest BCUT2D eigenvalue weighted by Crippen LogP contribution is 2.49. The van der Waals surface area contributed by atoms with Crippen LogP contribution in [0.4, 0.5) is 0 Å². The fourth-order valence-electron chi connectivity index (χ4n) is 1.81. The Kier molecular flexibility index (Phi) is 0.854. The molecular formula is C8H13N.